The van der Waals surface area contributed by atoms with Crippen molar-refractivity contribution in [1.29, 1.82) is 0 Å². The van der Waals surface area contributed by atoms with Gasteiger partial charge in [-0.2, -0.15) is 20.4 Å². The van der Waals surface area contributed by atoms with E-state index in [0.29, 0.717) is 0 Å². The van der Waals surface area contributed by atoms with E-state index in [-0.39, 0.29) is 17.1 Å². The van der Waals surface area contributed by atoms with Crippen LogP contribution in [0, 0.1) is 20.5 Å². The summed E-state index contributed by atoms with van der Waals surface area (Å²) >= 11 is 0. The topological polar surface area (TPSA) is 282 Å². The first-order valence-corrected chi connectivity index (χ1v) is 24.8. The number of nitrogens with zero attached hydrogens (tertiary/aromatic N) is 10. The molecule has 14 aromatic rings. The van der Waals surface area contributed by atoms with Crippen LogP contribution >= 0.6 is 0 Å². The molecule has 0 fully saturated rings. The van der Waals surface area contributed by atoms with Crippen molar-refractivity contribution in [2.45, 2.75) is 0 Å². The van der Waals surface area contributed by atoms with E-state index in [2.05, 4.69) is 154 Å². The monoisotopic (exact) mass is 1080 g/mol. The molecule has 8 aromatic carbocycles. The van der Waals surface area contributed by atoms with E-state index >= 15 is 0 Å². The Hall–Kier alpha value is -8.24. The van der Waals surface area contributed by atoms with Gasteiger partial charge in [-0.3, -0.25) is 0 Å². The summed E-state index contributed by atoms with van der Waals surface area (Å²) in [7, 11) is -9.89. The molecule has 0 aliphatic heterocycles. The van der Waals surface area contributed by atoms with Crippen molar-refractivity contribution >= 4 is 64.6 Å². The van der Waals surface area contributed by atoms with Crippen LogP contribution in [0.3, 0.4) is 0 Å². The minimum absolute atomic E-state index is 0. The smallest absolute Gasteiger partial charge is 0.223 e. The third-order valence-corrected chi connectivity index (χ3v) is 12.2. The number of halogens is 2. The summed E-state index contributed by atoms with van der Waals surface area (Å²) in [4.78, 5) is 9.61. The molecule has 370 valence electrons. The zero-order valence-corrected chi connectivity index (χ0v) is 41.1. The molecular weight excluding hydrogens is 1040 g/mol. The number of benzene rings is 8. The van der Waals surface area contributed by atoms with Crippen LogP contribution in [0.15, 0.2) is 207 Å². The first-order chi connectivity index (χ1) is 35.7. The van der Waals surface area contributed by atoms with Crippen molar-refractivity contribution in [3.63, 3.8) is 0 Å². The van der Waals surface area contributed by atoms with E-state index in [0.717, 1.165) is 34.4 Å². The first kappa shape index (κ1) is 50.3. The normalized spacial score (nSPS) is 11.6. The molecule has 0 spiro atoms. The Kier molecular flexibility index (Phi) is 13.8. The van der Waals surface area contributed by atoms with Gasteiger partial charge in [0, 0.05) is 49.6 Å². The van der Waals surface area contributed by atoms with E-state index in [1.54, 1.807) is 43.5 Å². The van der Waals surface area contributed by atoms with Crippen molar-refractivity contribution < 1.29 is 74.8 Å². The SMILES string of the molecule is [Fe+2].[O-][Cl+3]([O-])([O-])[O-].[O-][Cl+3]([O-])([O-])[O-].c1cc2ccc3ccc(-c4cc(-n5cccn5)nc(-n5cccn5)c4)c4ccc(c1)c2c34.c1cc2ccc3ccc(-c4cc(-n5cccn5)nc(-n5cccn5)c4)c4ccc(c1)c2c34. The predicted octanol–water partition coefficient (Wildman–Crippen LogP) is 2.52. The third kappa shape index (κ3) is 10.7. The van der Waals surface area contributed by atoms with Crippen molar-refractivity contribution in [2.24, 2.45) is 0 Å². The van der Waals surface area contributed by atoms with Gasteiger partial charge in [-0.05, 0) is 135 Å². The molecule has 0 saturated heterocycles. The molecule has 0 radical (unpaired) electrons. The second-order valence-corrected chi connectivity index (χ2v) is 18.2. The molecule has 0 N–H and O–H groups in total. The molecule has 0 bridgehead atoms. The Labute approximate surface area is 439 Å². The number of hydrogen-bond donors (Lipinski definition) is 0. The average Bonchev–Trinajstić information content (AvgIpc) is 4.26. The van der Waals surface area contributed by atoms with E-state index in [1.165, 1.54) is 75.8 Å². The van der Waals surface area contributed by atoms with Gasteiger partial charge in [-0.15, -0.1) is 20.5 Å². The Morgan fingerprint density at radius 2 is 0.560 bits per heavy atom. The Morgan fingerprint density at radius 1 is 0.307 bits per heavy atom. The van der Waals surface area contributed by atoms with Gasteiger partial charge in [-0.1, -0.05) is 109 Å². The Morgan fingerprint density at radius 3 is 0.827 bits per heavy atom. The molecule has 0 aliphatic rings. The van der Waals surface area contributed by atoms with Gasteiger partial charge in [0.05, 0.1) is 0 Å². The minimum Gasteiger partial charge on any atom is -0.223 e. The molecular formula is C54H34Cl2FeN10O8. The molecule has 0 saturated carbocycles. The van der Waals surface area contributed by atoms with Crippen molar-refractivity contribution in [3.8, 4) is 45.5 Å². The van der Waals surface area contributed by atoms with Gasteiger partial charge in [-0.25, -0.2) is 66.0 Å². The van der Waals surface area contributed by atoms with Crippen molar-refractivity contribution in [3.05, 3.63) is 207 Å². The summed E-state index contributed by atoms with van der Waals surface area (Å²) < 4.78 is 75.1. The van der Waals surface area contributed by atoms with Gasteiger partial charge in [0.15, 0.2) is 23.3 Å². The van der Waals surface area contributed by atoms with Crippen LogP contribution < -0.4 is 37.3 Å². The Bertz CT molecular complexity index is 3790. The predicted molar refractivity (Wildman–Crippen MR) is 255 cm³/mol. The molecule has 0 unspecified atom stereocenters. The van der Waals surface area contributed by atoms with Crippen LogP contribution in [-0.4, -0.2) is 49.1 Å². The van der Waals surface area contributed by atoms with Crippen LogP contribution in [-0.2, 0) is 17.1 Å². The van der Waals surface area contributed by atoms with E-state index in [1.807, 2.05) is 49.1 Å². The summed E-state index contributed by atoms with van der Waals surface area (Å²) in [5.74, 6) is 3.01. The molecule has 6 aromatic heterocycles. The molecule has 18 nitrogen and oxygen atoms in total. The number of rotatable bonds is 6. The molecule has 14 rings (SSSR count). The molecule has 6 heterocycles. The zero-order valence-electron chi connectivity index (χ0n) is 38.5. The van der Waals surface area contributed by atoms with Gasteiger partial charge in [0.1, 0.15) is 0 Å². The first-order valence-electron chi connectivity index (χ1n) is 22.3. The molecule has 75 heavy (non-hydrogen) atoms. The standard InChI is InChI=1S/2C27H17N5.2ClHO4.Fe/c2*1-4-18-6-7-20-8-10-22(23-11-9-19(5-1)26(18)27(20)23)21-16-24(31-14-2-12-28-31)30-25(17-21)32-15-3-13-29-32;2*2-1(3,4)5;/h2*1-17H;2*(H,2,3,4,5);/q;;;;+2/p-2. The number of aromatic nitrogens is 10. The number of hydrogen-bond acceptors (Lipinski definition) is 14. The van der Waals surface area contributed by atoms with Crippen LogP contribution in [0.4, 0.5) is 0 Å². The van der Waals surface area contributed by atoms with Gasteiger partial charge < -0.3 is 0 Å². The Balaban J connectivity index is 0.000000144. The maximum atomic E-state index is 8.49. The second kappa shape index (κ2) is 20.6. The summed E-state index contributed by atoms with van der Waals surface area (Å²) in [6.07, 6.45) is 14.7. The minimum atomic E-state index is -4.94. The maximum Gasteiger partial charge on any atom is 2.00 e. The summed E-state index contributed by atoms with van der Waals surface area (Å²) in [6.45, 7) is 0. The van der Waals surface area contributed by atoms with Crippen LogP contribution in [0.25, 0.3) is 110 Å². The average molecular weight is 1080 g/mol. The largest absolute Gasteiger partial charge is 2.00 e. The van der Waals surface area contributed by atoms with Gasteiger partial charge in [0.2, 0.25) is 0 Å². The second-order valence-electron chi connectivity index (χ2n) is 16.6. The maximum absolute atomic E-state index is 8.49. The fraction of sp³-hybridized carbons (Fsp3) is 0. The summed E-state index contributed by atoms with van der Waals surface area (Å²) in [5, 5.41) is 32.9. The van der Waals surface area contributed by atoms with Gasteiger partial charge in [0.25, 0.3) is 0 Å². The van der Waals surface area contributed by atoms with Crippen LogP contribution in [0.1, 0.15) is 0 Å². The fourth-order valence-corrected chi connectivity index (χ4v) is 9.38. The number of pyridine rings is 2. The summed E-state index contributed by atoms with van der Waals surface area (Å²) in [5.41, 5.74) is 4.49. The quantitative estimate of drug-likeness (QED) is 0.171. The molecule has 0 aliphatic carbocycles. The molecule has 21 heteroatoms. The van der Waals surface area contributed by atoms with Gasteiger partial charge >= 0.3 is 17.1 Å². The molecule has 0 atom stereocenters. The van der Waals surface area contributed by atoms with E-state index < -0.39 is 20.5 Å². The molecule has 0 amide bonds. The third-order valence-electron chi connectivity index (χ3n) is 12.2. The van der Waals surface area contributed by atoms with Crippen LogP contribution in [0.2, 0.25) is 0 Å². The zero-order chi connectivity index (χ0) is 51.1. The van der Waals surface area contributed by atoms with E-state index in [9.17, 15) is 0 Å². The fourth-order valence-electron chi connectivity index (χ4n) is 9.38. The van der Waals surface area contributed by atoms with Crippen molar-refractivity contribution in [2.75, 3.05) is 0 Å². The van der Waals surface area contributed by atoms with E-state index in [4.69, 9.17) is 47.2 Å². The van der Waals surface area contributed by atoms with Crippen molar-refractivity contribution in [1.82, 2.24) is 49.1 Å². The van der Waals surface area contributed by atoms with Crippen LogP contribution in [0.5, 0.6) is 0 Å². The summed E-state index contributed by atoms with van der Waals surface area (Å²) in [6, 6.07) is 55.6.